The van der Waals surface area contributed by atoms with Crippen molar-refractivity contribution >= 4 is 17.7 Å². The third-order valence-electron chi connectivity index (χ3n) is 2.90. The highest BCUT2D eigenvalue weighted by Crippen LogP contribution is 1.98. The van der Waals surface area contributed by atoms with E-state index in [-0.39, 0.29) is 5.91 Å². The molecule has 5 heteroatoms. The van der Waals surface area contributed by atoms with Gasteiger partial charge in [-0.25, -0.2) is 0 Å². The molecule has 0 aromatic heterocycles. The van der Waals surface area contributed by atoms with E-state index in [1.54, 1.807) is 0 Å². The number of amides is 1. The molecule has 1 aliphatic heterocycles. The van der Waals surface area contributed by atoms with Gasteiger partial charge in [-0.05, 0) is 44.4 Å². The molecule has 0 bridgehead atoms. The number of nitrogens with one attached hydrogen (secondary N) is 2. The molecule has 1 fully saturated rings. The predicted molar refractivity (Wildman–Crippen MR) is 74.6 cm³/mol. The van der Waals surface area contributed by atoms with Crippen LogP contribution in [0, 0.1) is 0 Å². The fourth-order valence-electron chi connectivity index (χ4n) is 1.92. The highest BCUT2D eigenvalue weighted by Gasteiger charge is 2.11. The van der Waals surface area contributed by atoms with Crippen molar-refractivity contribution in [3.63, 3.8) is 0 Å². The van der Waals surface area contributed by atoms with Gasteiger partial charge in [-0.3, -0.25) is 9.69 Å². The normalized spacial score (nSPS) is 17.7. The summed E-state index contributed by atoms with van der Waals surface area (Å²) in [5.74, 6) is 1.37. The summed E-state index contributed by atoms with van der Waals surface area (Å²) in [6.07, 6.45) is 5.54. The lowest BCUT2D eigenvalue weighted by Gasteiger charge is -2.18. The first-order valence-electron chi connectivity index (χ1n) is 6.51. The van der Waals surface area contributed by atoms with E-state index in [1.165, 1.54) is 12.2 Å². The summed E-state index contributed by atoms with van der Waals surface area (Å²) in [4.78, 5) is 13.9. The molecule has 0 radical (unpaired) electrons. The average Bonchev–Trinajstić information content (AvgIpc) is 2.57. The number of hydrogen-bond donors (Lipinski definition) is 2. The molecule has 17 heavy (non-hydrogen) atoms. The predicted octanol–water partition coefficient (Wildman–Crippen LogP) is 0.541. The number of carbonyl (C=O) groups is 1. The molecule has 1 amide bonds. The van der Waals surface area contributed by atoms with Crippen LogP contribution in [0.3, 0.4) is 0 Å². The Morgan fingerprint density at radius 3 is 3.06 bits per heavy atom. The van der Waals surface area contributed by atoms with Crippen LogP contribution in [0.4, 0.5) is 0 Å². The maximum atomic E-state index is 11.7. The maximum absolute atomic E-state index is 11.7. The maximum Gasteiger partial charge on any atom is 0.234 e. The summed E-state index contributed by atoms with van der Waals surface area (Å²) < 4.78 is 0. The summed E-state index contributed by atoms with van der Waals surface area (Å²) in [6, 6.07) is 0. The van der Waals surface area contributed by atoms with Crippen LogP contribution < -0.4 is 10.6 Å². The van der Waals surface area contributed by atoms with Crippen LogP contribution in [0.5, 0.6) is 0 Å². The number of hydrogen-bond acceptors (Lipinski definition) is 4. The van der Waals surface area contributed by atoms with Crippen molar-refractivity contribution in [3.8, 4) is 0 Å². The Labute approximate surface area is 109 Å². The van der Waals surface area contributed by atoms with Crippen molar-refractivity contribution < 1.29 is 4.79 Å². The first kappa shape index (κ1) is 14.8. The number of thioether (sulfide) groups is 1. The lowest BCUT2D eigenvalue weighted by atomic mass is 10.3. The van der Waals surface area contributed by atoms with Gasteiger partial charge in [-0.1, -0.05) is 0 Å². The zero-order valence-corrected chi connectivity index (χ0v) is 11.7. The van der Waals surface area contributed by atoms with Crippen molar-refractivity contribution in [2.24, 2.45) is 0 Å². The van der Waals surface area contributed by atoms with Gasteiger partial charge in [0.25, 0.3) is 0 Å². The van der Waals surface area contributed by atoms with E-state index in [0.29, 0.717) is 6.54 Å². The number of rotatable bonds is 7. The summed E-state index contributed by atoms with van der Waals surface area (Å²) in [5.41, 5.74) is 0. The Balaban J connectivity index is 2.03. The van der Waals surface area contributed by atoms with Gasteiger partial charge in [-0.15, -0.1) is 0 Å². The second kappa shape index (κ2) is 9.74. The molecular formula is C12H25N3OS. The molecule has 1 saturated heterocycles. The molecule has 1 heterocycles. The highest BCUT2D eigenvalue weighted by molar-refractivity contribution is 7.98. The van der Waals surface area contributed by atoms with Crippen LogP contribution in [0.25, 0.3) is 0 Å². The fraction of sp³-hybridized carbons (Fsp3) is 0.917. The van der Waals surface area contributed by atoms with Gasteiger partial charge in [0, 0.05) is 19.6 Å². The van der Waals surface area contributed by atoms with E-state index in [1.807, 2.05) is 11.8 Å². The monoisotopic (exact) mass is 259 g/mol. The van der Waals surface area contributed by atoms with Crippen LogP contribution in [0.2, 0.25) is 0 Å². The van der Waals surface area contributed by atoms with Gasteiger partial charge >= 0.3 is 0 Å². The van der Waals surface area contributed by atoms with E-state index in [4.69, 9.17) is 0 Å². The molecule has 100 valence electrons. The first-order chi connectivity index (χ1) is 8.33. The number of unbranched alkanes of at least 4 members (excludes halogenated alkanes) is 1. The second-order valence-corrected chi connectivity index (χ2v) is 5.42. The third-order valence-corrected chi connectivity index (χ3v) is 3.59. The van der Waals surface area contributed by atoms with E-state index in [2.05, 4.69) is 21.8 Å². The van der Waals surface area contributed by atoms with Gasteiger partial charge in [0.1, 0.15) is 0 Å². The average molecular weight is 259 g/mol. The van der Waals surface area contributed by atoms with Gasteiger partial charge in [0.15, 0.2) is 0 Å². The van der Waals surface area contributed by atoms with E-state index in [9.17, 15) is 4.79 Å². The number of carbonyl (C=O) groups excluding carboxylic acids is 1. The summed E-state index contributed by atoms with van der Waals surface area (Å²) >= 11 is 1.86. The van der Waals surface area contributed by atoms with Crippen LogP contribution in [0.15, 0.2) is 0 Å². The molecule has 2 N–H and O–H groups in total. The Kier molecular flexibility index (Phi) is 8.48. The summed E-state index contributed by atoms with van der Waals surface area (Å²) in [6.45, 7) is 5.48. The largest absolute Gasteiger partial charge is 0.355 e. The van der Waals surface area contributed by atoms with Crippen LogP contribution in [-0.4, -0.2) is 62.1 Å². The molecule has 0 aromatic rings. The summed E-state index contributed by atoms with van der Waals surface area (Å²) in [5, 5.41) is 6.34. The molecule has 4 nitrogen and oxygen atoms in total. The standard InChI is InChI=1S/C12H25N3OS/c1-17-10-3-2-6-14-12(16)11-15-8-4-5-13-7-9-15/h13H,2-11H2,1H3,(H,14,16). The van der Waals surface area contributed by atoms with Crippen LogP contribution >= 0.6 is 11.8 Å². The quantitative estimate of drug-likeness (QED) is 0.655. The van der Waals surface area contributed by atoms with Crippen molar-refractivity contribution in [3.05, 3.63) is 0 Å². The third kappa shape index (κ3) is 7.63. The van der Waals surface area contributed by atoms with Crippen molar-refractivity contribution in [2.75, 3.05) is 51.3 Å². The molecule has 0 saturated carbocycles. The minimum Gasteiger partial charge on any atom is -0.355 e. The molecule has 1 rings (SSSR count). The topological polar surface area (TPSA) is 44.4 Å². The zero-order valence-electron chi connectivity index (χ0n) is 10.8. The lowest BCUT2D eigenvalue weighted by molar-refractivity contribution is -0.122. The minimum atomic E-state index is 0.177. The Morgan fingerprint density at radius 1 is 1.35 bits per heavy atom. The van der Waals surface area contributed by atoms with Gasteiger partial charge in [0.2, 0.25) is 5.91 Å². The second-order valence-electron chi connectivity index (χ2n) is 4.43. The van der Waals surface area contributed by atoms with Crippen molar-refractivity contribution in [1.82, 2.24) is 15.5 Å². The van der Waals surface area contributed by atoms with Gasteiger partial charge in [0.05, 0.1) is 6.54 Å². The van der Waals surface area contributed by atoms with E-state index >= 15 is 0 Å². The van der Waals surface area contributed by atoms with Crippen molar-refractivity contribution in [2.45, 2.75) is 19.3 Å². The molecule has 0 atom stereocenters. The minimum absolute atomic E-state index is 0.177. The molecule has 0 aliphatic carbocycles. The van der Waals surface area contributed by atoms with Gasteiger partial charge < -0.3 is 10.6 Å². The Hall–Kier alpha value is -0.260. The molecular weight excluding hydrogens is 234 g/mol. The fourth-order valence-corrected chi connectivity index (χ4v) is 2.41. The van der Waals surface area contributed by atoms with E-state index < -0.39 is 0 Å². The number of nitrogens with zero attached hydrogens (tertiary/aromatic N) is 1. The Morgan fingerprint density at radius 2 is 2.24 bits per heavy atom. The zero-order chi connectivity index (χ0) is 12.3. The van der Waals surface area contributed by atoms with Gasteiger partial charge in [-0.2, -0.15) is 11.8 Å². The smallest absolute Gasteiger partial charge is 0.234 e. The lowest BCUT2D eigenvalue weighted by Crippen LogP contribution is -2.39. The van der Waals surface area contributed by atoms with Crippen LogP contribution in [-0.2, 0) is 4.79 Å². The SMILES string of the molecule is CSCCCCNC(=O)CN1CCCNCC1. The highest BCUT2D eigenvalue weighted by atomic mass is 32.2. The molecule has 0 unspecified atom stereocenters. The Bertz CT molecular complexity index is 206. The first-order valence-corrected chi connectivity index (χ1v) is 7.91. The molecule has 1 aliphatic rings. The molecule has 0 aromatic carbocycles. The van der Waals surface area contributed by atoms with Crippen molar-refractivity contribution in [1.29, 1.82) is 0 Å². The molecule has 0 spiro atoms. The van der Waals surface area contributed by atoms with E-state index in [0.717, 1.165) is 45.6 Å². The summed E-state index contributed by atoms with van der Waals surface area (Å²) in [7, 11) is 0. The van der Waals surface area contributed by atoms with Crippen LogP contribution in [0.1, 0.15) is 19.3 Å².